The molecule has 4 aliphatic heterocycles. The van der Waals surface area contributed by atoms with Gasteiger partial charge in [-0.05, 0) is 94.8 Å². The van der Waals surface area contributed by atoms with E-state index in [9.17, 15) is 82.4 Å². The Bertz CT molecular complexity index is 3380. The van der Waals surface area contributed by atoms with Gasteiger partial charge >= 0.3 is 5.97 Å². The smallest absolute Gasteiger partial charge is 0.305 e. The van der Waals surface area contributed by atoms with Crippen molar-refractivity contribution in [2.75, 3.05) is 64.5 Å². The van der Waals surface area contributed by atoms with Gasteiger partial charge in [-0.15, -0.1) is 0 Å². The van der Waals surface area contributed by atoms with Crippen LogP contribution in [0.1, 0.15) is 166 Å². The number of aliphatic hydroxyl groups excluding tert-OH is 2. The van der Waals surface area contributed by atoms with E-state index in [4.69, 9.17) is 11.5 Å². The second-order valence-corrected chi connectivity index (χ2v) is 32.7. The Hall–Kier alpha value is -9.12. The second-order valence-electron chi connectivity index (χ2n) is 30.1. The van der Waals surface area contributed by atoms with Crippen molar-refractivity contribution in [3.63, 3.8) is 0 Å². The molecule has 20 N–H and O–H groups in total. The number of carbonyl (C=O) groups excluding carboxylic acids is 16. The fraction of sp³-hybridized carbons (Fsp3) is 0.746. The highest BCUT2D eigenvalue weighted by Gasteiger charge is 2.45. The molecule has 41 heteroatoms. The third-order valence-corrected chi connectivity index (χ3v) is 22.5. The first-order valence-electron chi connectivity index (χ1n) is 38.2. The first kappa shape index (κ1) is 95.3. The minimum atomic E-state index is -1.95. The molecule has 0 radical (unpaired) electrons. The summed E-state index contributed by atoms with van der Waals surface area (Å²) in [5, 5.41) is 64.3. The number of hydrogen-bond donors (Lipinski definition) is 18. The van der Waals surface area contributed by atoms with Crippen LogP contribution in [0.25, 0.3) is 0 Å². The normalized spacial score (nSPS) is 28.8. The van der Waals surface area contributed by atoms with Crippen LogP contribution in [0.3, 0.4) is 0 Å². The van der Waals surface area contributed by atoms with Crippen LogP contribution in [0.5, 0.6) is 0 Å². The summed E-state index contributed by atoms with van der Waals surface area (Å²) in [6.07, 6.45) is 0.801. The summed E-state index contributed by atoms with van der Waals surface area (Å²) in [5.41, 5.74) is 10.5. The van der Waals surface area contributed by atoms with E-state index in [0.717, 1.165) is 26.5 Å². The molecule has 630 valence electrons. The number of carboxylic acid groups (broad SMARTS) is 1. The lowest BCUT2D eigenvalue weighted by Crippen LogP contribution is -2.62. The quantitative estimate of drug-likeness (QED) is 0.0316. The Kier molecular flexibility index (Phi) is 39.3. The zero-order valence-corrected chi connectivity index (χ0v) is 67.8. The SMILES string of the molecule is CC[C@H](C)[C@@H]1NC(=O)[C@H](C)NC(=O)CNC(=O)[C@H](C)NC(=O)[C@H](CC(=O)O)NC(=O)[C@@H]2CCCN2C(=O)[C@H]([C@@H](C)CC)NC(=O)[C@@H]2CSSC[C@H](NC1=O)C(=O)N[C@@H](CO)C(=O)N[C@@H](CCCN=C(N)N)C(=O)N[C@@H](CO)C(=O)N[C@@H](CC(C)(C)C)C(=O)NCCCCC(=O)N1CCC[C@H]1C(=O)N[C@@H]([C@@H](C)CC)C(=O)N2C. The van der Waals surface area contributed by atoms with Gasteiger partial charge in [-0.1, -0.05) is 103 Å². The third-order valence-electron chi connectivity index (χ3n) is 20.1. The summed E-state index contributed by atoms with van der Waals surface area (Å²) >= 11 is 0. The summed E-state index contributed by atoms with van der Waals surface area (Å²) in [5.74, 6) is -19.5. The van der Waals surface area contributed by atoms with Gasteiger partial charge in [-0.3, -0.25) is 86.5 Å². The summed E-state index contributed by atoms with van der Waals surface area (Å²) < 4.78 is 0. The van der Waals surface area contributed by atoms with Crippen molar-refractivity contribution in [2.45, 2.75) is 251 Å². The highest BCUT2D eigenvalue weighted by atomic mass is 33.1. The number of amides is 16. The molecule has 0 aliphatic carbocycles. The molecule has 0 aromatic carbocycles. The van der Waals surface area contributed by atoms with Gasteiger partial charge < -0.3 is 111 Å². The third kappa shape index (κ3) is 29.4. The number of carbonyl (C=O) groups is 17. The molecule has 112 heavy (non-hydrogen) atoms. The highest BCUT2D eigenvalue weighted by Crippen LogP contribution is 2.29. The van der Waals surface area contributed by atoms with Gasteiger partial charge in [0.05, 0.1) is 26.2 Å². The molecule has 16 amide bonds. The van der Waals surface area contributed by atoms with Crippen LogP contribution in [0.15, 0.2) is 4.99 Å². The van der Waals surface area contributed by atoms with Crippen LogP contribution in [0.4, 0.5) is 0 Å². The molecule has 0 spiro atoms. The lowest BCUT2D eigenvalue weighted by molar-refractivity contribution is -0.146. The molecule has 39 nitrogen and oxygen atoms in total. The van der Waals surface area contributed by atoms with Gasteiger partial charge in [0.1, 0.15) is 84.6 Å². The zero-order valence-electron chi connectivity index (χ0n) is 66.1. The monoisotopic (exact) mass is 1620 g/mol. The molecule has 4 rings (SSSR count). The molecule has 0 saturated carbocycles. The Labute approximate surface area is 660 Å². The maximum atomic E-state index is 15.5. The average molecular weight is 1620 g/mol. The van der Waals surface area contributed by atoms with Crippen molar-refractivity contribution in [2.24, 2.45) is 39.6 Å². The summed E-state index contributed by atoms with van der Waals surface area (Å²) in [7, 11) is 2.99. The molecule has 2 bridgehead atoms. The molecule has 0 aromatic rings. The number of nitrogens with zero attached hydrogens (tertiary/aromatic N) is 4. The zero-order chi connectivity index (χ0) is 84.0. The lowest BCUT2D eigenvalue weighted by Gasteiger charge is -2.36. The molecule has 0 aromatic heterocycles. The Morgan fingerprint density at radius 1 is 0.518 bits per heavy atom. The fourth-order valence-corrected chi connectivity index (χ4v) is 15.2. The fourth-order valence-electron chi connectivity index (χ4n) is 12.7. The number of nitrogens with one attached hydrogen (secondary N) is 13. The topological polar surface area (TPSA) is 581 Å². The minimum absolute atomic E-state index is 0.00622. The van der Waals surface area contributed by atoms with E-state index in [1.807, 2.05) is 0 Å². The highest BCUT2D eigenvalue weighted by molar-refractivity contribution is 8.76. The molecule has 4 aliphatic rings. The van der Waals surface area contributed by atoms with Crippen LogP contribution < -0.4 is 80.6 Å². The number of aliphatic hydroxyl groups is 2. The maximum absolute atomic E-state index is 15.5. The largest absolute Gasteiger partial charge is 0.481 e. The first-order chi connectivity index (χ1) is 52.7. The number of rotatable bonds is 15. The number of likely N-dealkylation sites (N-methyl/N-ethyl adjacent to an activating group) is 1. The van der Waals surface area contributed by atoms with Crippen molar-refractivity contribution in [3.05, 3.63) is 0 Å². The molecule has 4 fully saturated rings. The van der Waals surface area contributed by atoms with E-state index >= 15 is 14.4 Å². The summed E-state index contributed by atoms with van der Waals surface area (Å²) in [6, 6.07) is -21.4. The van der Waals surface area contributed by atoms with Crippen molar-refractivity contribution in [3.8, 4) is 0 Å². The van der Waals surface area contributed by atoms with E-state index < -0.39 is 246 Å². The first-order valence-corrected chi connectivity index (χ1v) is 40.7. The van der Waals surface area contributed by atoms with Gasteiger partial charge in [0.25, 0.3) is 0 Å². The molecule has 4 saturated heterocycles. The van der Waals surface area contributed by atoms with E-state index in [1.54, 1.807) is 62.3 Å². The molecule has 4 heterocycles. The van der Waals surface area contributed by atoms with E-state index in [1.165, 1.54) is 30.7 Å². The van der Waals surface area contributed by atoms with Crippen LogP contribution in [-0.4, -0.2) is 286 Å². The predicted molar refractivity (Wildman–Crippen MR) is 412 cm³/mol. The van der Waals surface area contributed by atoms with Gasteiger partial charge in [-0.25, -0.2) is 0 Å². The van der Waals surface area contributed by atoms with Gasteiger partial charge in [0.15, 0.2) is 5.96 Å². The van der Waals surface area contributed by atoms with Crippen LogP contribution >= 0.6 is 21.6 Å². The summed E-state index contributed by atoms with van der Waals surface area (Å²) in [6.45, 7) is 15.0. The number of hydrogen-bond acceptors (Lipinski definition) is 22. The van der Waals surface area contributed by atoms with Crippen molar-refractivity contribution in [1.82, 2.24) is 83.8 Å². The van der Waals surface area contributed by atoms with Crippen molar-refractivity contribution in [1.29, 1.82) is 0 Å². The van der Waals surface area contributed by atoms with Gasteiger partial charge in [0, 0.05) is 51.2 Å². The average Bonchev–Trinajstić information content (AvgIpc) is 1.10. The number of guanidine groups is 1. The van der Waals surface area contributed by atoms with Gasteiger partial charge in [-0.2, -0.15) is 0 Å². The lowest BCUT2D eigenvalue weighted by atomic mass is 9.87. The van der Waals surface area contributed by atoms with E-state index in [0.29, 0.717) is 6.42 Å². The van der Waals surface area contributed by atoms with Crippen LogP contribution in [-0.2, 0) is 81.5 Å². The van der Waals surface area contributed by atoms with Crippen molar-refractivity contribution < 1.29 is 96.8 Å². The number of nitrogens with two attached hydrogens (primary N) is 2. The number of aliphatic carboxylic acids is 1. The van der Waals surface area contributed by atoms with E-state index in [-0.39, 0.29) is 109 Å². The Balaban J connectivity index is 1.97. The summed E-state index contributed by atoms with van der Waals surface area (Å²) in [4.78, 5) is 250. The predicted octanol–water partition coefficient (Wildman–Crippen LogP) is -4.93. The molecular formula is C71H119N19O20S2. The Morgan fingerprint density at radius 2 is 1.00 bits per heavy atom. The second kappa shape index (κ2) is 46.2. The van der Waals surface area contributed by atoms with Crippen LogP contribution in [0, 0.1) is 23.2 Å². The van der Waals surface area contributed by atoms with E-state index in [2.05, 4.69) is 74.1 Å². The number of fused-ring (bicyclic) bond motifs is 7. The molecular weight excluding hydrogens is 1500 g/mol. The van der Waals surface area contributed by atoms with Crippen molar-refractivity contribution >= 4 is 128 Å². The minimum Gasteiger partial charge on any atom is -0.481 e. The van der Waals surface area contributed by atoms with Crippen LogP contribution in [0.2, 0.25) is 0 Å². The number of carboxylic acids is 1. The molecule has 0 unspecified atom stereocenters. The van der Waals surface area contributed by atoms with Gasteiger partial charge in [0.2, 0.25) is 94.5 Å². The Morgan fingerprint density at radius 3 is 1.57 bits per heavy atom. The maximum Gasteiger partial charge on any atom is 0.305 e. The number of aliphatic imine (C=N–C) groups is 1. The molecule has 17 atom stereocenters. The standard InChI is InChI=1S/C71H119N19O20S2/c1-13-36(4)53-67(108)84-46-34-111-112-35-49(66(107)87-55(38(6)15-3)69(110)90-28-20-23-48(90)64(105)80-42(29-52(95)96)60(101)78-39(7)56(97)76-31-50(93)77-40(8)57(98)85-53)88(12)68(109)54(37(5)14-2)86-65(106)47-22-19-27-89(47)51(94)24-16-17-25-74-58(99)43(30-71(9,10)11)81-62(103)45(33-92)82-59(100)41(21-18-26-75-70(72)73)79-61(102)44(32-91)83-63(46)104/h36-49,53-55,91-92H,13-35H2,1-12H3,(H,74,99)(H,76,97)(H,77,93)(H,78,101)(H,79,102)(H,80,105)(H,81,103)(H,82,100)(H,83,104)(H,84,108)(H,85,98)(H,86,106)(H,87,107)(H,95,96)(H4,72,73,75)/t36-,37-,38-,39-,40-,41-,42-,43-,44-,45-,46-,47-,48-,49-,53-,54-,55-/m0/s1.